The van der Waals surface area contributed by atoms with E-state index in [4.69, 9.17) is 9.51 Å². The van der Waals surface area contributed by atoms with Crippen LogP contribution >= 0.6 is 23.1 Å². The number of rotatable bonds is 7. The zero-order valence-electron chi connectivity index (χ0n) is 15.6. The molecule has 146 valence electrons. The predicted molar refractivity (Wildman–Crippen MR) is 115 cm³/mol. The number of fused-ring (bicyclic) bond motifs is 1. The van der Waals surface area contributed by atoms with Gasteiger partial charge in [-0.05, 0) is 24.5 Å². The molecule has 3 aromatic heterocycles. The molecule has 0 saturated heterocycles. The number of nitrogens with zero attached hydrogens (tertiary/aromatic N) is 4. The summed E-state index contributed by atoms with van der Waals surface area (Å²) in [6, 6.07) is 12.0. The quantitative estimate of drug-likeness (QED) is 0.240. The van der Waals surface area contributed by atoms with Crippen LogP contribution in [0, 0.1) is 0 Å². The predicted octanol–water partition coefficient (Wildman–Crippen LogP) is 4.86. The minimum atomic E-state index is -0.0531. The third kappa shape index (κ3) is 3.65. The van der Waals surface area contributed by atoms with Crippen LogP contribution in [-0.4, -0.2) is 19.7 Å². The van der Waals surface area contributed by atoms with Gasteiger partial charge < -0.3 is 4.52 Å². The number of hydrogen-bond acceptors (Lipinski definition) is 7. The minimum Gasteiger partial charge on any atom is -0.339 e. The summed E-state index contributed by atoms with van der Waals surface area (Å²) in [6.07, 6.45) is 3.95. The number of thioether (sulfide) groups is 1. The Morgan fingerprint density at radius 2 is 2.10 bits per heavy atom. The van der Waals surface area contributed by atoms with Gasteiger partial charge in [-0.25, -0.2) is 4.98 Å². The first kappa shape index (κ1) is 18.3. The first-order valence-corrected chi connectivity index (χ1v) is 11.2. The van der Waals surface area contributed by atoms with Crippen molar-refractivity contribution in [3.8, 4) is 10.4 Å². The van der Waals surface area contributed by atoms with Gasteiger partial charge in [0.15, 0.2) is 11.0 Å². The molecule has 0 spiro atoms. The molecule has 1 aromatic carbocycles. The highest BCUT2D eigenvalue weighted by atomic mass is 32.2. The lowest BCUT2D eigenvalue weighted by molar-refractivity contribution is 0.375. The van der Waals surface area contributed by atoms with Gasteiger partial charge in [0.25, 0.3) is 5.56 Å². The zero-order chi connectivity index (χ0) is 19.8. The van der Waals surface area contributed by atoms with Crippen LogP contribution in [0.15, 0.2) is 63.5 Å². The maximum Gasteiger partial charge on any atom is 0.263 e. The van der Waals surface area contributed by atoms with Gasteiger partial charge in [0.05, 0.1) is 11.1 Å². The van der Waals surface area contributed by atoms with Gasteiger partial charge in [-0.15, -0.1) is 17.9 Å². The Kier molecular flexibility index (Phi) is 4.81. The molecular formula is C21H18N4O2S2. The number of thiophene rings is 1. The molecule has 3 heterocycles. The summed E-state index contributed by atoms with van der Waals surface area (Å²) in [4.78, 5) is 24.1. The fourth-order valence-electron chi connectivity index (χ4n) is 3.09. The Morgan fingerprint density at radius 3 is 2.86 bits per heavy atom. The number of benzene rings is 1. The number of allylic oxidation sites excluding steroid dienone is 1. The fraction of sp³-hybridized carbons (Fsp3) is 0.238. The van der Waals surface area contributed by atoms with Crippen LogP contribution in [0.3, 0.4) is 0 Å². The summed E-state index contributed by atoms with van der Waals surface area (Å²) in [6.45, 7) is 4.19. The largest absolute Gasteiger partial charge is 0.339 e. The van der Waals surface area contributed by atoms with E-state index in [0.29, 0.717) is 34.6 Å². The van der Waals surface area contributed by atoms with Crippen LogP contribution in [0.1, 0.15) is 30.5 Å². The first-order valence-electron chi connectivity index (χ1n) is 9.39. The van der Waals surface area contributed by atoms with Crippen molar-refractivity contribution in [2.45, 2.75) is 36.2 Å². The summed E-state index contributed by atoms with van der Waals surface area (Å²) < 4.78 is 6.98. The van der Waals surface area contributed by atoms with Crippen LogP contribution in [0.25, 0.3) is 20.7 Å². The van der Waals surface area contributed by atoms with Gasteiger partial charge in [-0.1, -0.05) is 53.3 Å². The molecule has 0 aliphatic heterocycles. The molecule has 0 N–H and O–H groups in total. The molecule has 0 bridgehead atoms. The average Bonchev–Trinajstić information content (AvgIpc) is 3.33. The molecule has 1 aliphatic carbocycles. The van der Waals surface area contributed by atoms with Gasteiger partial charge in [-0.2, -0.15) is 4.98 Å². The van der Waals surface area contributed by atoms with Gasteiger partial charge in [-0.3, -0.25) is 9.36 Å². The Balaban J connectivity index is 1.49. The Labute approximate surface area is 175 Å². The molecule has 1 saturated carbocycles. The molecule has 0 amide bonds. The normalized spacial score (nSPS) is 13.8. The van der Waals surface area contributed by atoms with E-state index in [0.717, 1.165) is 34.0 Å². The van der Waals surface area contributed by atoms with E-state index < -0.39 is 0 Å². The standard InChI is InChI=1S/C21H18N4O2S2/c1-2-10-25-20(26)15-11-16(13-6-4-3-5-7-13)29-19(15)23-21(25)28-12-17-22-18(27-24-17)14-8-9-14/h2-7,11,14H,1,8-10,12H2. The lowest BCUT2D eigenvalue weighted by Crippen LogP contribution is -2.22. The second kappa shape index (κ2) is 7.61. The molecule has 1 fully saturated rings. The topological polar surface area (TPSA) is 73.8 Å². The van der Waals surface area contributed by atoms with Crippen molar-refractivity contribution in [3.63, 3.8) is 0 Å². The summed E-state index contributed by atoms with van der Waals surface area (Å²) in [5.41, 5.74) is 1.03. The summed E-state index contributed by atoms with van der Waals surface area (Å²) in [5.74, 6) is 2.28. The highest BCUT2D eigenvalue weighted by molar-refractivity contribution is 7.98. The van der Waals surface area contributed by atoms with E-state index in [9.17, 15) is 4.79 Å². The molecule has 29 heavy (non-hydrogen) atoms. The van der Waals surface area contributed by atoms with Gasteiger partial charge >= 0.3 is 0 Å². The molecule has 6 nitrogen and oxygen atoms in total. The fourth-order valence-corrected chi connectivity index (χ4v) is 5.02. The van der Waals surface area contributed by atoms with E-state index in [2.05, 4.69) is 16.7 Å². The van der Waals surface area contributed by atoms with Crippen molar-refractivity contribution in [2.75, 3.05) is 0 Å². The van der Waals surface area contributed by atoms with Crippen LogP contribution in [0.4, 0.5) is 0 Å². The van der Waals surface area contributed by atoms with Crippen molar-refractivity contribution in [1.82, 2.24) is 19.7 Å². The van der Waals surface area contributed by atoms with E-state index >= 15 is 0 Å². The second-order valence-electron chi connectivity index (χ2n) is 6.91. The van der Waals surface area contributed by atoms with Crippen molar-refractivity contribution in [3.05, 3.63) is 71.1 Å². The minimum absolute atomic E-state index is 0.0531. The third-order valence-electron chi connectivity index (χ3n) is 4.73. The Morgan fingerprint density at radius 1 is 1.28 bits per heavy atom. The van der Waals surface area contributed by atoms with Crippen molar-refractivity contribution in [2.24, 2.45) is 0 Å². The highest BCUT2D eigenvalue weighted by Gasteiger charge is 2.29. The SMILES string of the molecule is C=CCn1c(SCc2noc(C3CC3)n2)nc2sc(-c3ccccc3)cc2c1=O. The number of hydrogen-bond donors (Lipinski definition) is 0. The third-order valence-corrected chi connectivity index (χ3v) is 6.78. The molecule has 0 atom stereocenters. The van der Waals surface area contributed by atoms with E-state index in [-0.39, 0.29) is 5.56 Å². The average molecular weight is 423 g/mol. The monoisotopic (exact) mass is 422 g/mol. The maximum absolute atomic E-state index is 13.1. The Hall–Kier alpha value is -2.71. The van der Waals surface area contributed by atoms with Crippen molar-refractivity contribution >= 4 is 33.3 Å². The van der Waals surface area contributed by atoms with Gasteiger partial charge in [0.1, 0.15) is 4.83 Å². The molecule has 8 heteroatoms. The second-order valence-corrected chi connectivity index (χ2v) is 8.88. The zero-order valence-corrected chi connectivity index (χ0v) is 17.2. The maximum atomic E-state index is 13.1. The van der Waals surface area contributed by atoms with E-state index in [1.165, 1.54) is 23.1 Å². The van der Waals surface area contributed by atoms with Crippen molar-refractivity contribution in [1.29, 1.82) is 0 Å². The summed E-state index contributed by atoms with van der Waals surface area (Å²) in [5, 5.41) is 5.33. The summed E-state index contributed by atoms with van der Waals surface area (Å²) in [7, 11) is 0. The molecule has 4 aromatic rings. The van der Waals surface area contributed by atoms with Gasteiger partial charge in [0.2, 0.25) is 5.89 Å². The Bertz CT molecular complexity index is 1240. The molecule has 0 radical (unpaired) electrons. The van der Waals surface area contributed by atoms with Crippen LogP contribution in [0.5, 0.6) is 0 Å². The smallest absolute Gasteiger partial charge is 0.263 e. The van der Waals surface area contributed by atoms with E-state index in [1.54, 1.807) is 10.6 Å². The van der Waals surface area contributed by atoms with Gasteiger partial charge in [0, 0.05) is 17.3 Å². The van der Waals surface area contributed by atoms with Crippen LogP contribution < -0.4 is 5.56 Å². The lowest BCUT2D eigenvalue weighted by atomic mass is 10.2. The lowest BCUT2D eigenvalue weighted by Gasteiger charge is -2.08. The van der Waals surface area contributed by atoms with E-state index in [1.807, 2.05) is 36.4 Å². The highest BCUT2D eigenvalue weighted by Crippen LogP contribution is 2.39. The van der Waals surface area contributed by atoms with Crippen LogP contribution in [0.2, 0.25) is 0 Å². The van der Waals surface area contributed by atoms with Crippen LogP contribution in [-0.2, 0) is 12.3 Å². The molecule has 0 unspecified atom stereocenters. The summed E-state index contributed by atoms with van der Waals surface area (Å²) >= 11 is 2.98. The molecular weight excluding hydrogens is 404 g/mol. The first-order chi connectivity index (χ1) is 14.2. The van der Waals surface area contributed by atoms with Crippen molar-refractivity contribution < 1.29 is 4.52 Å². The molecule has 1 aliphatic rings. The number of aromatic nitrogens is 4. The molecule has 5 rings (SSSR count).